The van der Waals surface area contributed by atoms with Crippen molar-refractivity contribution < 1.29 is 4.79 Å². The van der Waals surface area contributed by atoms with Crippen LogP contribution in [0, 0.1) is 0 Å². The summed E-state index contributed by atoms with van der Waals surface area (Å²) in [6.45, 7) is 2.33. The van der Waals surface area contributed by atoms with Gasteiger partial charge in [0.2, 0.25) is 5.91 Å². The number of carbonyl (C=O) groups excluding carboxylic acids is 1. The third kappa shape index (κ3) is 3.18. The lowest BCUT2D eigenvalue weighted by Gasteiger charge is -2.14. The molecule has 0 aliphatic carbocycles. The molecule has 5 heteroatoms. The van der Waals surface area contributed by atoms with Crippen LogP contribution in [0.2, 0.25) is 0 Å². The number of hydrogen-bond acceptors (Lipinski definition) is 3. The van der Waals surface area contributed by atoms with Gasteiger partial charge in [0.15, 0.2) is 0 Å². The number of aromatic nitrogens is 2. The normalized spacial score (nSPS) is 12.9. The molecule has 0 fully saturated rings. The Bertz CT molecular complexity index is 281. The molecule has 0 saturated carbocycles. The van der Waals surface area contributed by atoms with Crippen LogP contribution in [0.25, 0.3) is 0 Å². The Morgan fingerprint density at radius 1 is 1.71 bits per heavy atom. The monoisotopic (exact) mass is 196 g/mol. The lowest BCUT2D eigenvalue weighted by Crippen LogP contribution is -2.34. The highest BCUT2D eigenvalue weighted by atomic mass is 16.2. The van der Waals surface area contributed by atoms with Gasteiger partial charge >= 0.3 is 0 Å². The molecular formula is C9H16N4O. The van der Waals surface area contributed by atoms with Crippen LogP contribution >= 0.6 is 0 Å². The Balaban J connectivity index is 2.41. The van der Waals surface area contributed by atoms with Gasteiger partial charge in [-0.05, 0) is 21.0 Å². The van der Waals surface area contributed by atoms with Gasteiger partial charge in [0, 0.05) is 11.8 Å². The van der Waals surface area contributed by atoms with Gasteiger partial charge in [0.05, 0.1) is 18.8 Å². The van der Waals surface area contributed by atoms with E-state index in [1.54, 1.807) is 12.4 Å². The van der Waals surface area contributed by atoms with Gasteiger partial charge in [0.25, 0.3) is 0 Å². The molecule has 0 spiro atoms. The number of rotatable bonds is 4. The van der Waals surface area contributed by atoms with E-state index >= 15 is 0 Å². The summed E-state index contributed by atoms with van der Waals surface area (Å²) in [6, 6.07) is 0.00111. The maximum Gasteiger partial charge on any atom is 0.234 e. The second-order valence-corrected chi connectivity index (χ2v) is 3.56. The highest BCUT2D eigenvalue weighted by Crippen LogP contribution is 2.08. The number of carbonyl (C=O) groups is 1. The molecule has 2 N–H and O–H groups in total. The summed E-state index contributed by atoms with van der Waals surface area (Å²) < 4.78 is 0. The predicted molar refractivity (Wildman–Crippen MR) is 53.7 cm³/mol. The fourth-order valence-corrected chi connectivity index (χ4v) is 1.16. The van der Waals surface area contributed by atoms with Crippen LogP contribution in [-0.4, -0.2) is 41.6 Å². The molecule has 0 bridgehead atoms. The van der Waals surface area contributed by atoms with Gasteiger partial charge in [-0.25, -0.2) is 0 Å². The van der Waals surface area contributed by atoms with Crippen molar-refractivity contribution in [2.75, 3.05) is 20.6 Å². The first kappa shape index (κ1) is 10.7. The van der Waals surface area contributed by atoms with Crippen molar-refractivity contribution in [2.45, 2.75) is 13.0 Å². The molecule has 14 heavy (non-hydrogen) atoms. The molecule has 0 aliphatic rings. The van der Waals surface area contributed by atoms with Crippen molar-refractivity contribution in [3.63, 3.8) is 0 Å². The Kier molecular flexibility index (Phi) is 3.64. The summed E-state index contributed by atoms with van der Waals surface area (Å²) in [5.41, 5.74) is 0.983. The lowest BCUT2D eigenvalue weighted by molar-refractivity contribution is -0.122. The van der Waals surface area contributed by atoms with E-state index in [1.807, 2.05) is 25.9 Å². The first-order valence-electron chi connectivity index (χ1n) is 4.52. The number of amides is 1. The van der Waals surface area contributed by atoms with E-state index in [1.165, 1.54) is 0 Å². The van der Waals surface area contributed by atoms with E-state index < -0.39 is 0 Å². The summed E-state index contributed by atoms with van der Waals surface area (Å²) in [7, 11) is 3.73. The van der Waals surface area contributed by atoms with Crippen molar-refractivity contribution in [1.29, 1.82) is 0 Å². The summed E-state index contributed by atoms with van der Waals surface area (Å²) in [6.07, 6.45) is 3.49. The van der Waals surface area contributed by atoms with Gasteiger partial charge in [-0.15, -0.1) is 0 Å². The minimum Gasteiger partial charge on any atom is -0.348 e. The average Bonchev–Trinajstić information content (AvgIpc) is 2.53. The summed E-state index contributed by atoms with van der Waals surface area (Å²) in [4.78, 5) is 13.2. The molecule has 1 unspecified atom stereocenters. The number of likely N-dealkylation sites (N-methyl/N-ethyl adjacent to an activating group) is 1. The first-order valence-corrected chi connectivity index (χ1v) is 4.52. The van der Waals surface area contributed by atoms with E-state index in [-0.39, 0.29) is 11.9 Å². The molecule has 0 radical (unpaired) electrons. The van der Waals surface area contributed by atoms with E-state index in [0.29, 0.717) is 6.54 Å². The number of nitrogens with one attached hydrogen (secondary N) is 2. The van der Waals surface area contributed by atoms with Crippen molar-refractivity contribution in [2.24, 2.45) is 0 Å². The van der Waals surface area contributed by atoms with Crippen molar-refractivity contribution >= 4 is 5.91 Å². The maximum absolute atomic E-state index is 11.4. The highest BCUT2D eigenvalue weighted by molar-refractivity contribution is 5.78. The standard InChI is InChI=1S/C9H16N4O/c1-7(8-4-10-11-5-8)12-9(14)6-13(2)3/h4-5,7H,6H2,1-3H3,(H,10,11)(H,12,14). The zero-order chi connectivity index (χ0) is 10.6. The van der Waals surface area contributed by atoms with Gasteiger partial charge in [0.1, 0.15) is 0 Å². The number of aromatic amines is 1. The van der Waals surface area contributed by atoms with E-state index in [0.717, 1.165) is 5.56 Å². The van der Waals surface area contributed by atoms with Crippen LogP contribution in [0.3, 0.4) is 0 Å². The fourth-order valence-electron chi connectivity index (χ4n) is 1.16. The molecule has 5 nitrogen and oxygen atoms in total. The molecule has 1 heterocycles. The molecule has 1 amide bonds. The van der Waals surface area contributed by atoms with E-state index in [2.05, 4.69) is 15.5 Å². The van der Waals surface area contributed by atoms with E-state index in [4.69, 9.17) is 0 Å². The van der Waals surface area contributed by atoms with Crippen LogP contribution in [0.4, 0.5) is 0 Å². The molecule has 1 aromatic heterocycles. The molecule has 78 valence electrons. The van der Waals surface area contributed by atoms with Crippen LogP contribution in [0.5, 0.6) is 0 Å². The maximum atomic E-state index is 11.4. The van der Waals surface area contributed by atoms with Crippen molar-refractivity contribution in [3.8, 4) is 0 Å². The fraction of sp³-hybridized carbons (Fsp3) is 0.556. The second-order valence-electron chi connectivity index (χ2n) is 3.56. The minimum atomic E-state index is 0.00111. The SMILES string of the molecule is CC(NC(=O)CN(C)C)c1cn[nH]c1. The third-order valence-corrected chi connectivity index (χ3v) is 1.86. The topological polar surface area (TPSA) is 61.0 Å². The largest absolute Gasteiger partial charge is 0.348 e. The molecule has 0 aromatic carbocycles. The Labute approximate surface area is 83.5 Å². The lowest BCUT2D eigenvalue weighted by atomic mass is 10.2. The number of nitrogens with zero attached hydrogens (tertiary/aromatic N) is 2. The second kappa shape index (κ2) is 4.76. The minimum absolute atomic E-state index is 0.00111. The summed E-state index contributed by atoms with van der Waals surface area (Å²) in [5.74, 6) is 0.0173. The zero-order valence-electron chi connectivity index (χ0n) is 8.74. The highest BCUT2D eigenvalue weighted by Gasteiger charge is 2.10. The Hall–Kier alpha value is -1.36. The predicted octanol–water partition coefficient (Wildman–Crippen LogP) is 0.148. The van der Waals surface area contributed by atoms with Gasteiger partial charge in [-0.3, -0.25) is 9.89 Å². The van der Waals surface area contributed by atoms with Crippen LogP contribution in [-0.2, 0) is 4.79 Å². The van der Waals surface area contributed by atoms with Crippen LogP contribution < -0.4 is 5.32 Å². The molecule has 1 atom stereocenters. The van der Waals surface area contributed by atoms with Gasteiger partial charge in [-0.1, -0.05) is 0 Å². The summed E-state index contributed by atoms with van der Waals surface area (Å²) in [5, 5.41) is 9.41. The van der Waals surface area contributed by atoms with Crippen molar-refractivity contribution in [1.82, 2.24) is 20.4 Å². The smallest absolute Gasteiger partial charge is 0.234 e. The first-order chi connectivity index (χ1) is 6.59. The Morgan fingerprint density at radius 3 is 2.93 bits per heavy atom. The molecule has 1 aromatic rings. The Morgan fingerprint density at radius 2 is 2.43 bits per heavy atom. The van der Waals surface area contributed by atoms with Gasteiger partial charge < -0.3 is 10.2 Å². The molecule has 1 rings (SSSR count). The molecule has 0 saturated heterocycles. The summed E-state index contributed by atoms with van der Waals surface area (Å²) >= 11 is 0. The van der Waals surface area contributed by atoms with Crippen LogP contribution in [0.1, 0.15) is 18.5 Å². The average molecular weight is 196 g/mol. The molecular weight excluding hydrogens is 180 g/mol. The number of H-pyrrole nitrogens is 1. The van der Waals surface area contributed by atoms with Crippen LogP contribution in [0.15, 0.2) is 12.4 Å². The van der Waals surface area contributed by atoms with E-state index in [9.17, 15) is 4.79 Å². The number of hydrogen-bond donors (Lipinski definition) is 2. The van der Waals surface area contributed by atoms with Crippen molar-refractivity contribution in [3.05, 3.63) is 18.0 Å². The third-order valence-electron chi connectivity index (χ3n) is 1.86. The quantitative estimate of drug-likeness (QED) is 0.720. The zero-order valence-corrected chi connectivity index (χ0v) is 8.74. The van der Waals surface area contributed by atoms with Gasteiger partial charge in [-0.2, -0.15) is 5.10 Å². The molecule has 0 aliphatic heterocycles.